The van der Waals surface area contributed by atoms with Crippen LogP contribution in [0.4, 0.5) is 0 Å². The van der Waals surface area contributed by atoms with Gasteiger partial charge in [-0.2, -0.15) is 0 Å². The minimum Gasteiger partial charge on any atom is -0.467 e. The average molecular weight is 542 g/mol. The van der Waals surface area contributed by atoms with E-state index in [-0.39, 0.29) is 42.2 Å². The predicted molar refractivity (Wildman–Crippen MR) is 156 cm³/mol. The highest BCUT2D eigenvalue weighted by molar-refractivity contribution is 5.92. The SMILES string of the molecule is COC(=O)[C@H](C[C@@H]1CCCCC1=O)NC(=O)[C@@H](CC(=O)[C@@H](C)Cc1cccc2ccccc12)Cc1ccccc1. The molecular formula is C34H39NO5. The van der Waals surface area contributed by atoms with Crippen LogP contribution in [0.5, 0.6) is 0 Å². The predicted octanol–water partition coefficient (Wildman–Crippen LogP) is 5.64. The summed E-state index contributed by atoms with van der Waals surface area (Å²) in [4.78, 5) is 52.2. The van der Waals surface area contributed by atoms with Gasteiger partial charge in [0.25, 0.3) is 0 Å². The van der Waals surface area contributed by atoms with Crippen molar-refractivity contribution in [1.82, 2.24) is 5.32 Å². The van der Waals surface area contributed by atoms with Crippen LogP contribution in [0.2, 0.25) is 0 Å². The fourth-order valence-corrected chi connectivity index (χ4v) is 5.75. The van der Waals surface area contributed by atoms with Crippen molar-refractivity contribution in [3.63, 3.8) is 0 Å². The van der Waals surface area contributed by atoms with Crippen molar-refractivity contribution < 1.29 is 23.9 Å². The molecule has 3 aromatic carbocycles. The fraction of sp³-hybridized carbons (Fsp3) is 0.412. The monoisotopic (exact) mass is 541 g/mol. The van der Waals surface area contributed by atoms with E-state index in [9.17, 15) is 19.2 Å². The van der Waals surface area contributed by atoms with Gasteiger partial charge in [-0.25, -0.2) is 4.79 Å². The quantitative estimate of drug-likeness (QED) is 0.300. The number of carbonyl (C=O) groups excluding carboxylic acids is 4. The van der Waals surface area contributed by atoms with Crippen LogP contribution in [0.25, 0.3) is 10.8 Å². The second-order valence-corrected chi connectivity index (χ2v) is 11.0. The first-order chi connectivity index (χ1) is 19.4. The lowest BCUT2D eigenvalue weighted by Crippen LogP contribution is -2.47. The standard InChI is InChI=1S/C34H39NO5/c1-23(19-26-16-10-15-25-13-6-8-17-29(25)26)32(37)22-28(20-24-11-4-3-5-12-24)33(38)35-30(34(39)40-2)21-27-14-7-9-18-31(27)36/h3-6,8,10-13,15-17,23,27-28,30H,7,9,14,18-22H2,1-2H3,(H,35,38)/t23-,27-,28+,30-/m0/s1. The minimum atomic E-state index is -0.925. The molecule has 1 N–H and O–H groups in total. The third-order valence-electron chi connectivity index (χ3n) is 8.10. The molecule has 1 aliphatic rings. The molecule has 6 heteroatoms. The summed E-state index contributed by atoms with van der Waals surface area (Å²) in [6.45, 7) is 1.91. The molecule has 3 aromatic rings. The first-order valence-corrected chi connectivity index (χ1v) is 14.3. The van der Waals surface area contributed by atoms with Crippen molar-refractivity contribution in [3.8, 4) is 0 Å². The van der Waals surface area contributed by atoms with Gasteiger partial charge in [-0.1, -0.05) is 86.1 Å². The fourth-order valence-electron chi connectivity index (χ4n) is 5.75. The number of methoxy groups -OCH3 is 1. The Morgan fingerprint density at radius 1 is 0.925 bits per heavy atom. The normalized spacial score (nSPS) is 17.6. The van der Waals surface area contributed by atoms with Gasteiger partial charge in [-0.05, 0) is 54.0 Å². The molecule has 4 rings (SSSR count). The Balaban J connectivity index is 1.49. The number of esters is 1. The van der Waals surface area contributed by atoms with E-state index in [1.807, 2.05) is 61.5 Å². The Morgan fingerprint density at radius 3 is 2.40 bits per heavy atom. The Hall–Kier alpha value is -3.80. The zero-order chi connectivity index (χ0) is 28.5. The maximum absolute atomic E-state index is 13.6. The van der Waals surface area contributed by atoms with Crippen molar-refractivity contribution in [2.45, 2.75) is 64.3 Å². The largest absolute Gasteiger partial charge is 0.467 e. The third kappa shape index (κ3) is 7.65. The summed E-state index contributed by atoms with van der Waals surface area (Å²) in [5, 5.41) is 5.11. The van der Waals surface area contributed by atoms with E-state index in [4.69, 9.17) is 4.74 Å². The summed E-state index contributed by atoms with van der Waals surface area (Å²) in [5.41, 5.74) is 2.04. The maximum Gasteiger partial charge on any atom is 0.328 e. The molecule has 0 bridgehead atoms. The summed E-state index contributed by atoms with van der Waals surface area (Å²) in [6, 6.07) is 22.9. The molecule has 0 heterocycles. The number of fused-ring (bicyclic) bond motifs is 1. The molecule has 0 radical (unpaired) electrons. The summed E-state index contributed by atoms with van der Waals surface area (Å²) >= 11 is 0. The molecule has 0 saturated heterocycles. The van der Waals surface area contributed by atoms with Crippen LogP contribution in [0, 0.1) is 17.8 Å². The molecule has 0 aliphatic heterocycles. The van der Waals surface area contributed by atoms with Crippen molar-refractivity contribution in [1.29, 1.82) is 0 Å². The van der Waals surface area contributed by atoms with E-state index in [1.165, 1.54) is 7.11 Å². The molecule has 1 aliphatic carbocycles. The number of Topliss-reactive ketones (excluding diaryl/α,β-unsaturated/α-hetero) is 2. The number of amides is 1. The second kappa shape index (κ2) is 14.0. The average Bonchev–Trinajstić information content (AvgIpc) is 2.97. The van der Waals surface area contributed by atoms with Gasteiger partial charge in [-0.15, -0.1) is 0 Å². The van der Waals surface area contributed by atoms with Crippen molar-refractivity contribution >= 4 is 34.2 Å². The van der Waals surface area contributed by atoms with E-state index < -0.39 is 17.9 Å². The Labute approximate surface area is 236 Å². The van der Waals surface area contributed by atoms with Gasteiger partial charge in [0.05, 0.1) is 7.11 Å². The number of nitrogens with one attached hydrogen (secondary N) is 1. The van der Waals surface area contributed by atoms with Crippen LogP contribution in [0.15, 0.2) is 72.8 Å². The molecule has 1 fully saturated rings. The van der Waals surface area contributed by atoms with E-state index in [1.54, 1.807) is 0 Å². The Bertz CT molecular complexity index is 1330. The van der Waals surface area contributed by atoms with Crippen LogP contribution in [-0.4, -0.2) is 36.6 Å². The molecule has 0 unspecified atom stereocenters. The maximum atomic E-state index is 13.6. The molecule has 210 valence electrons. The molecule has 4 atom stereocenters. The number of ketones is 2. The summed E-state index contributed by atoms with van der Waals surface area (Å²) in [6.07, 6.45) is 4.24. The molecular weight excluding hydrogens is 502 g/mol. The summed E-state index contributed by atoms with van der Waals surface area (Å²) in [5.74, 6) is -2.01. The van der Waals surface area contributed by atoms with Crippen LogP contribution >= 0.6 is 0 Å². The number of hydrogen-bond acceptors (Lipinski definition) is 5. The number of hydrogen-bond donors (Lipinski definition) is 1. The number of carbonyl (C=O) groups is 4. The Morgan fingerprint density at radius 2 is 1.65 bits per heavy atom. The highest BCUT2D eigenvalue weighted by Gasteiger charge is 2.33. The lowest BCUT2D eigenvalue weighted by molar-refractivity contribution is -0.146. The molecule has 0 spiro atoms. The lowest BCUT2D eigenvalue weighted by Gasteiger charge is -2.26. The first-order valence-electron chi connectivity index (χ1n) is 14.3. The Kier molecular flexibility index (Phi) is 10.2. The van der Waals surface area contributed by atoms with Gasteiger partial charge in [0, 0.05) is 30.6 Å². The van der Waals surface area contributed by atoms with Crippen LogP contribution in [-0.2, 0) is 36.8 Å². The van der Waals surface area contributed by atoms with E-state index >= 15 is 0 Å². The summed E-state index contributed by atoms with van der Waals surface area (Å²) in [7, 11) is 1.28. The molecule has 0 aromatic heterocycles. The molecule has 40 heavy (non-hydrogen) atoms. The smallest absolute Gasteiger partial charge is 0.328 e. The second-order valence-electron chi connectivity index (χ2n) is 11.0. The van der Waals surface area contributed by atoms with Crippen LogP contribution < -0.4 is 5.32 Å². The van der Waals surface area contributed by atoms with Crippen molar-refractivity contribution in [3.05, 3.63) is 83.9 Å². The van der Waals surface area contributed by atoms with E-state index in [2.05, 4.69) is 23.5 Å². The van der Waals surface area contributed by atoms with E-state index in [0.717, 1.165) is 34.7 Å². The van der Waals surface area contributed by atoms with Crippen molar-refractivity contribution in [2.75, 3.05) is 7.11 Å². The highest BCUT2D eigenvalue weighted by Crippen LogP contribution is 2.26. The molecule has 1 amide bonds. The first kappa shape index (κ1) is 29.2. The van der Waals surface area contributed by atoms with Crippen LogP contribution in [0.3, 0.4) is 0 Å². The van der Waals surface area contributed by atoms with Crippen LogP contribution in [0.1, 0.15) is 56.6 Å². The topological polar surface area (TPSA) is 89.5 Å². The van der Waals surface area contributed by atoms with E-state index in [0.29, 0.717) is 25.7 Å². The van der Waals surface area contributed by atoms with Gasteiger partial charge in [0.2, 0.25) is 5.91 Å². The minimum absolute atomic E-state index is 0.00101. The third-order valence-corrected chi connectivity index (χ3v) is 8.10. The number of ether oxygens (including phenoxy) is 1. The van der Waals surface area contributed by atoms with Crippen molar-refractivity contribution in [2.24, 2.45) is 17.8 Å². The zero-order valence-electron chi connectivity index (χ0n) is 23.4. The number of benzene rings is 3. The van der Waals surface area contributed by atoms with Gasteiger partial charge in [0.1, 0.15) is 17.6 Å². The number of rotatable bonds is 12. The van der Waals surface area contributed by atoms with Gasteiger partial charge in [-0.3, -0.25) is 14.4 Å². The van der Waals surface area contributed by atoms with Gasteiger partial charge >= 0.3 is 5.97 Å². The molecule has 6 nitrogen and oxygen atoms in total. The molecule has 1 saturated carbocycles. The van der Waals surface area contributed by atoms with Gasteiger partial charge < -0.3 is 10.1 Å². The summed E-state index contributed by atoms with van der Waals surface area (Å²) < 4.78 is 4.98. The highest BCUT2D eigenvalue weighted by atomic mass is 16.5. The zero-order valence-corrected chi connectivity index (χ0v) is 23.4. The lowest BCUT2D eigenvalue weighted by atomic mass is 9.83. The van der Waals surface area contributed by atoms with Gasteiger partial charge in [0.15, 0.2) is 0 Å².